The van der Waals surface area contributed by atoms with Crippen LogP contribution in [0.15, 0.2) is 24.3 Å². The Hall–Kier alpha value is -0.970. The van der Waals surface area contributed by atoms with Crippen LogP contribution in [-0.4, -0.2) is 48.6 Å². The molecular formula is C17H28FN3. The van der Waals surface area contributed by atoms with Gasteiger partial charge in [-0.25, -0.2) is 4.39 Å². The molecule has 1 saturated heterocycles. The first-order valence-electron chi connectivity index (χ1n) is 8.02. The minimum atomic E-state index is -0.188. The second-order valence-corrected chi connectivity index (χ2v) is 6.11. The van der Waals surface area contributed by atoms with E-state index in [4.69, 9.17) is 5.73 Å². The van der Waals surface area contributed by atoms with E-state index in [2.05, 4.69) is 30.7 Å². The summed E-state index contributed by atoms with van der Waals surface area (Å²) in [5, 5.41) is 0. The Morgan fingerprint density at radius 2 is 1.90 bits per heavy atom. The van der Waals surface area contributed by atoms with Gasteiger partial charge in [0.05, 0.1) is 0 Å². The van der Waals surface area contributed by atoms with Crippen molar-refractivity contribution in [1.82, 2.24) is 9.80 Å². The highest BCUT2D eigenvalue weighted by Gasteiger charge is 2.31. The average Bonchev–Trinajstić information content (AvgIpc) is 2.50. The summed E-state index contributed by atoms with van der Waals surface area (Å²) in [6.45, 7) is 7.46. The summed E-state index contributed by atoms with van der Waals surface area (Å²) < 4.78 is 13.2. The Labute approximate surface area is 127 Å². The summed E-state index contributed by atoms with van der Waals surface area (Å²) in [6, 6.07) is 7.68. The normalized spacial score (nSPS) is 24.0. The molecule has 0 spiro atoms. The summed E-state index contributed by atoms with van der Waals surface area (Å²) in [5.74, 6) is -0.188. The SMILES string of the molecule is CCC(N)C(c1ccc(F)cc1)N1CCN(C)C(CC)C1. The Balaban J connectivity index is 2.22. The van der Waals surface area contributed by atoms with Crippen molar-refractivity contribution in [2.24, 2.45) is 5.73 Å². The van der Waals surface area contributed by atoms with Gasteiger partial charge in [-0.1, -0.05) is 26.0 Å². The van der Waals surface area contributed by atoms with Gasteiger partial charge in [-0.15, -0.1) is 0 Å². The van der Waals surface area contributed by atoms with Crippen LogP contribution in [-0.2, 0) is 0 Å². The number of nitrogens with two attached hydrogens (primary N) is 1. The smallest absolute Gasteiger partial charge is 0.123 e. The van der Waals surface area contributed by atoms with Gasteiger partial charge in [0, 0.05) is 37.8 Å². The molecule has 0 saturated carbocycles. The number of hydrogen-bond acceptors (Lipinski definition) is 3. The number of benzene rings is 1. The molecule has 3 unspecified atom stereocenters. The van der Waals surface area contributed by atoms with Gasteiger partial charge in [0.1, 0.15) is 5.82 Å². The fourth-order valence-electron chi connectivity index (χ4n) is 3.28. The molecule has 1 heterocycles. The number of hydrogen-bond donors (Lipinski definition) is 1. The molecule has 2 N–H and O–H groups in total. The summed E-state index contributed by atoms with van der Waals surface area (Å²) in [7, 11) is 2.19. The van der Waals surface area contributed by atoms with Crippen molar-refractivity contribution in [2.45, 2.75) is 44.8 Å². The monoisotopic (exact) mass is 293 g/mol. The molecule has 4 heteroatoms. The lowest BCUT2D eigenvalue weighted by molar-refractivity contribution is 0.0524. The van der Waals surface area contributed by atoms with Gasteiger partial charge >= 0.3 is 0 Å². The van der Waals surface area contributed by atoms with Crippen molar-refractivity contribution < 1.29 is 4.39 Å². The Morgan fingerprint density at radius 1 is 1.24 bits per heavy atom. The molecule has 1 aromatic rings. The lowest BCUT2D eigenvalue weighted by Gasteiger charge is -2.44. The summed E-state index contributed by atoms with van der Waals surface area (Å²) >= 11 is 0. The topological polar surface area (TPSA) is 32.5 Å². The molecule has 1 fully saturated rings. The van der Waals surface area contributed by atoms with Crippen LogP contribution >= 0.6 is 0 Å². The zero-order valence-corrected chi connectivity index (χ0v) is 13.4. The summed E-state index contributed by atoms with van der Waals surface area (Å²) in [4.78, 5) is 4.91. The van der Waals surface area contributed by atoms with E-state index in [1.165, 1.54) is 12.1 Å². The van der Waals surface area contributed by atoms with Crippen LogP contribution < -0.4 is 5.73 Å². The van der Waals surface area contributed by atoms with E-state index in [0.29, 0.717) is 6.04 Å². The zero-order chi connectivity index (χ0) is 15.4. The summed E-state index contributed by atoms with van der Waals surface area (Å²) in [5.41, 5.74) is 7.52. The molecule has 0 bridgehead atoms. The van der Waals surface area contributed by atoms with Gasteiger partial charge in [-0.2, -0.15) is 0 Å². The third-order valence-electron chi connectivity index (χ3n) is 4.76. The lowest BCUT2D eigenvalue weighted by atomic mass is 9.94. The largest absolute Gasteiger partial charge is 0.326 e. The van der Waals surface area contributed by atoms with Crippen molar-refractivity contribution in [3.8, 4) is 0 Å². The van der Waals surface area contributed by atoms with Gasteiger partial charge in [0.2, 0.25) is 0 Å². The van der Waals surface area contributed by atoms with Gasteiger partial charge in [0.25, 0.3) is 0 Å². The number of rotatable bonds is 5. The number of halogens is 1. The first kappa shape index (κ1) is 16.4. The van der Waals surface area contributed by atoms with Crippen LogP contribution in [0.5, 0.6) is 0 Å². The molecule has 21 heavy (non-hydrogen) atoms. The minimum absolute atomic E-state index is 0.0800. The molecule has 1 aromatic carbocycles. The quantitative estimate of drug-likeness (QED) is 0.906. The molecule has 3 atom stereocenters. The third-order valence-corrected chi connectivity index (χ3v) is 4.76. The molecule has 1 aliphatic heterocycles. The van der Waals surface area contributed by atoms with E-state index >= 15 is 0 Å². The van der Waals surface area contributed by atoms with E-state index in [1.807, 2.05) is 12.1 Å². The van der Waals surface area contributed by atoms with Crippen molar-refractivity contribution in [3.63, 3.8) is 0 Å². The van der Waals surface area contributed by atoms with E-state index in [9.17, 15) is 4.39 Å². The van der Waals surface area contributed by atoms with Crippen molar-refractivity contribution in [3.05, 3.63) is 35.6 Å². The van der Waals surface area contributed by atoms with E-state index in [1.54, 1.807) is 0 Å². The maximum absolute atomic E-state index is 13.2. The third kappa shape index (κ3) is 3.82. The maximum Gasteiger partial charge on any atom is 0.123 e. The summed E-state index contributed by atoms with van der Waals surface area (Å²) in [6.07, 6.45) is 2.07. The molecule has 0 aromatic heterocycles. The van der Waals surface area contributed by atoms with Gasteiger partial charge in [0.15, 0.2) is 0 Å². The first-order chi connectivity index (χ1) is 10.1. The van der Waals surface area contributed by atoms with Crippen LogP contribution in [0.2, 0.25) is 0 Å². The maximum atomic E-state index is 13.2. The zero-order valence-electron chi connectivity index (χ0n) is 13.4. The lowest BCUT2D eigenvalue weighted by Crippen LogP contribution is -2.54. The Bertz CT molecular complexity index is 434. The molecule has 0 radical (unpaired) electrons. The standard InChI is InChI=1S/C17H28FN3/c1-4-15-12-21(11-10-20(15)3)17(16(19)5-2)13-6-8-14(18)9-7-13/h6-9,15-17H,4-5,10-12,19H2,1-3H3. The first-order valence-corrected chi connectivity index (χ1v) is 8.02. The highest BCUT2D eigenvalue weighted by molar-refractivity contribution is 5.22. The average molecular weight is 293 g/mol. The van der Waals surface area contributed by atoms with E-state index in [-0.39, 0.29) is 17.9 Å². The van der Waals surface area contributed by atoms with Crippen molar-refractivity contribution >= 4 is 0 Å². The molecule has 3 nitrogen and oxygen atoms in total. The number of nitrogens with zero attached hydrogens (tertiary/aromatic N) is 2. The Morgan fingerprint density at radius 3 is 2.48 bits per heavy atom. The van der Waals surface area contributed by atoms with Crippen LogP contribution in [0, 0.1) is 5.82 Å². The van der Waals surface area contributed by atoms with Crippen molar-refractivity contribution in [1.29, 1.82) is 0 Å². The highest BCUT2D eigenvalue weighted by Crippen LogP contribution is 2.28. The van der Waals surface area contributed by atoms with Gasteiger partial charge < -0.3 is 10.6 Å². The molecule has 2 rings (SSSR count). The predicted molar refractivity (Wildman–Crippen MR) is 85.7 cm³/mol. The minimum Gasteiger partial charge on any atom is -0.326 e. The number of likely N-dealkylation sites (N-methyl/N-ethyl adjacent to an activating group) is 1. The molecule has 1 aliphatic rings. The molecule has 118 valence electrons. The van der Waals surface area contributed by atoms with Crippen LogP contribution in [0.4, 0.5) is 4.39 Å². The van der Waals surface area contributed by atoms with Gasteiger partial charge in [-0.3, -0.25) is 4.90 Å². The molecular weight excluding hydrogens is 265 g/mol. The fourth-order valence-corrected chi connectivity index (χ4v) is 3.28. The Kier molecular flexibility index (Phi) is 5.73. The molecule has 0 aliphatic carbocycles. The fraction of sp³-hybridized carbons (Fsp3) is 0.647. The highest BCUT2D eigenvalue weighted by atomic mass is 19.1. The van der Waals surface area contributed by atoms with Crippen molar-refractivity contribution in [2.75, 3.05) is 26.7 Å². The predicted octanol–water partition coefficient (Wildman–Crippen LogP) is 2.63. The van der Waals surface area contributed by atoms with Crippen LogP contribution in [0.25, 0.3) is 0 Å². The van der Waals surface area contributed by atoms with Crippen LogP contribution in [0.1, 0.15) is 38.3 Å². The van der Waals surface area contributed by atoms with Gasteiger partial charge in [-0.05, 0) is 37.6 Å². The van der Waals surface area contributed by atoms with E-state index in [0.717, 1.165) is 38.0 Å². The van der Waals surface area contributed by atoms with E-state index < -0.39 is 0 Å². The second kappa shape index (κ2) is 7.34. The second-order valence-electron chi connectivity index (χ2n) is 6.11. The molecule has 0 amide bonds. The van der Waals surface area contributed by atoms with Crippen LogP contribution in [0.3, 0.4) is 0 Å². The number of piperazine rings is 1.